The van der Waals surface area contributed by atoms with Gasteiger partial charge in [-0.3, -0.25) is 9.59 Å². The molecule has 0 N–H and O–H groups in total. The Balaban J connectivity index is 4.11. The van der Waals surface area contributed by atoms with Crippen molar-refractivity contribution in [2.24, 2.45) is 5.41 Å². The summed E-state index contributed by atoms with van der Waals surface area (Å²) in [7, 11) is 0. The van der Waals surface area contributed by atoms with Gasteiger partial charge in [-0.1, -0.05) is 20.8 Å². The number of allylic oxidation sites excluding steroid dienone is 2. The minimum Gasteiger partial charge on any atom is -0.299 e. The van der Waals surface area contributed by atoms with Gasteiger partial charge < -0.3 is 0 Å². The second kappa shape index (κ2) is 3.30. The van der Waals surface area contributed by atoms with Gasteiger partial charge in [-0.2, -0.15) is 0 Å². The highest BCUT2D eigenvalue weighted by atomic mass is 16.1. The summed E-state index contributed by atoms with van der Waals surface area (Å²) in [4.78, 5) is 20.8. The van der Waals surface area contributed by atoms with Gasteiger partial charge in [0.2, 0.25) is 0 Å². The van der Waals surface area contributed by atoms with Crippen LogP contribution in [0.25, 0.3) is 0 Å². The van der Waals surface area contributed by atoms with E-state index in [1.807, 2.05) is 20.8 Å². The van der Waals surface area contributed by atoms with Gasteiger partial charge in [0.25, 0.3) is 0 Å². The maximum atomic E-state index is 11.0. The molecule has 0 aliphatic heterocycles. The maximum absolute atomic E-state index is 11.0. The van der Waals surface area contributed by atoms with Crippen LogP contribution >= 0.6 is 0 Å². The normalized spacial score (nSPS) is 11.9. The fourth-order valence-electron chi connectivity index (χ4n) is 0.377. The number of hydrogen-bond acceptors (Lipinski definition) is 2. The van der Waals surface area contributed by atoms with E-state index in [-0.39, 0.29) is 11.2 Å². The van der Waals surface area contributed by atoms with Crippen LogP contribution in [0.1, 0.15) is 20.8 Å². The lowest BCUT2D eigenvalue weighted by Crippen LogP contribution is -2.17. The number of aldehydes is 1. The second-order valence-electron chi connectivity index (χ2n) is 3.11. The highest BCUT2D eigenvalue weighted by molar-refractivity contribution is 5.96. The summed E-state index contributed by atoms with van der Waals surface area (Å²) in [6, 6.07) is 0. The summed E-state index contributed by atoms with van der Waals surface area (Å²) in [5.41, 5.74) is -0.375. The molecule has 0 radical (unpaired) electrons. The lowest BCUT2D eigenvalue weighted by molar-refractivity contribution is -0.121. The average molecular weight is 140 g/mol. The van der Waals surface area contributed by atoms with Gasteiger partial charge in [0.15, 0.2) is 5.78 Å². The van der Waals surface area contributed by atoms with Crippen LogP contribution in [0.5, 0.6) is 0 Å². The van der Waals surface area contributed by atoms with Crippen LogP contribution in [0.2, 0.25) is 0 Å². The van der Waals surface area contributed by atoms with E-state index in [2.05, 4.69) is 0 Å². The second-order valence-corrected chi connectivity index (χ2v) is 3.11. The fraction of sp³-hybridized carbons (Fsp3) is 0.500. The maximum Gasteiger partial charge on any atom is 0.161 e. The van der Waals surface area contributed by atoms with Crippen LogP contribution < -0.4 is 0 Å². The van der Waals surface area contributed by atoms with Crippen molar-refractivity contribution in [1.29, 1.82) is 0 Å². The molecule has 0 aromatic heterocycles. The highest BCUT2D eigenvalue weighted by Gasteiger charge is 2.17. The Morgan fingerprint density at radius 1 is 1.30 bits per heavy atom. The monoisotopic (exact) mass is 140 g/mol. The number of carbonyl (C=O) groups excluding carboxylic acids is 2. The standard InChI is InChI=1S/C8H12O2/c1-8(2,3)7(10)5-4-6-9/h4-6H,1-3H3/b5-4-. The van der Waals surface area contributed by atoms with Crippen LogP contribution in [0.4, 0.5) is 0 Å². The molecule has 0 saturated heterocycles. The lowest BCUT2D eigenvalue weighted by atomic mass is 9.91. The van der Waals surface area contributed by atoms with Crippen molar-refractivity contribution in [3.63, 3.8) is 0 Å². The van der Waals surface area contributed by atoms with Crippen molar-refractivity contribution >= 4 is 12.1 Å². The number of rotatable bonds is 2. The van der Waals surface area contributed by atoms with E-state index in [1.165, 1.54) is 12.2 Å². The van der Waals surface area contributed by atoms with Gasteiger partial charge in [0.05, 0.1) is 0 Å². The molecule has 0 amide bonds. The van der Waals surface area contributed by atoms with Crippen molar-refractivity contribution in [2.75, 3.05) is 0 Å². The van der Waals surface area contributed by atoms with E-state index >= 15 is 0 Å². The van der Waals surface area contributed by atoms with E-state index < -0.39 is 0 Å². The van der Waals surface area contributed by atoms with Gasteiger partial charge in [0.1, 0.15) is 6.29 Å². The van der Waals surface area contributed by atoms with Crippen LogP contribution in [0.15, 0.2) is 12.2 Å². The van der Waals surface area contributed by atoms with Crippen molar-refractivity contribution < 1.29 is 9.59 Å². The zero-order valence-electron chi connectivity index (χ0n) is 6.55. The Bertz CT molecular complexity index is 161. The van der Waals surface area contributed by atoms with E-state index in [1.54, 1.807) is 0 Å². The van der Waals surface area contributed by atoms with E-state index in [0.29, 0.717) is 6.29 Å². The molecular weight excluding hydrogens is 128 g/mol. The Kier molecular flexibility index (Phi) is 3.00. The molecule has 2 heteroatoms. The van der Waals surface area contributed by atoms with Gasteiger partial charge in [-0.25, -0.2) is 0 Å². The largest absolute Gasteiger partial charge is 0.299 e. The first-order chi connectivity index (χ1) is 4.48. The summed E-state index contributed by atoms with van der Waals surface area (Å²) in [6.45, 7) is 5.43. The Labute approximate surface area is 60.9 Å². The lowest BCUT2D eigenvalue weighted by Gasteiger charge is -2.12. The van der Waals surface area contributed by atoms with Gasteiger partial charge in [0, 0.05) is 5.41 Å². The molecule has 0 spiro atoms. The topological polar surface area (TPSA) is 34.1 Å². The summed E-state index contributed by atoms with van der Waals surface area (Å²) in [6.07, 6.45) is 3.12. The Morgan fingerprint density at radius 3 is 2.10 bits per heavy atom. The van der Waals surface area contributed by atoms with Crippen LogP contribution in [0.3, 0.4) is 0 Å². The molecule has 0 atom stereocenters. The summed E-state index contributed by atoms with van der Waals surface area (Å²) in [5, 5.41) is 0. The van der Waals surface area contributed by atoms with E-state index in [4.69, 9.17) is 0 Å². The van der Waals surface area contributed by atoms with Crippen molar-refractivity contribution in [3.8, 4) is 0 Å². The molecule has 0 heterocycles. The third kappa shape index (κ3) is 3.17. The van der Waals surface area contributed by atoms with Crippen molar-refractivity contribution in [3.05, 3.63) is 12.2 Å². The predicted octanol–water partition coefficient (Wildman–Crippen LogP) is 1.36. The molecule has 0 aromatic rings. The third-order valence-corrected chi connectivity index (χ3v) is 1.07. The van der Waals surface area contributed by atoms with E-state index in [0.717, 1.165) is 0 Å². The number of carbonyl (C=O) groups is 2. The minimum atomic E-state index is -0.375. The molecule has 0 fully saturated rings. The van der Waals surface area contributed by atoms with E-state index in [9.17, 15) is 9.59 Å². The van der Waals surface area contributed by atoms with Crippen molar-refractivity contribution in [2.45, 2.75) is 20.8 Å². The fourth-order valence-corrected chi connectivity index (χ4v) is 0.377. The SMILES string of the molecule is CC(C)(C)C(=O)/C=C\C=O. The van der Waals surface area contributed by atoms with Gasteiger partial charge in [-0.15, -0.1) is 0 Å². The summed E-state index contributed by atoms with van der Waals surface area (Å²) in [5.74, 6) is -0.0281. The van der Waals surface area contributed by atoms with Crippen LogP contribution in [0, 0.1) is 5.41 Å². The molecule has 0 aromatic carbocycles. The first kappa shape index (κ1) is 9.08. The molecular formula is C8H12O2. The summed E-state index contributed by atoms with van der Waals surface area (Å²) < 4.78 is 0. The quantitative estimate of drug-likeness (QED) is 0.428. The molecule has 0 saturated carbocycles. The molecule has 10 heavy (non-hydrogen) atoms. The predicted molar refractivity (Wildman–Crippen MR) is 39.7 cm³/mol. The molecule has 0 rings (SSSR count). The zero-order chi connectivity index (χ0) is 8.20. The zero-order valence-corrected chi connectivity index (χ0v) is 6.55. The third-order valence-electron chi connectivity index (χ3n) is 1.07. The molecule has 0 aliphatic rings. The smallest absolute Gasteiger partial charge is 0.161 e. The average Bonchev–Trinajstić information content (AvgIpc) is 1.80. The Hall–Kier alpha value is -0.920. The van der Waals surface area contributed by atoms with Crippen molar-refractivity contribution in [1.82, 2.24) is 0 Å². The van der Waals surface area contributed by atoms with Gasteiger partial charge >= 0.3 is 0 Å². The molecule has 0 bridgehead atoms. The Morgan fingerprint density at radius 2 is 1.80 bits per heavy atom. The molecule has 0 unspecified atom stereocenters. The van der Waals surface area contributed by atoms with Crippen LogP contribution in [-0.4, -0.2) is 12.1 Å². The molecule has 0 aliphatic carbocycles. The number of hydrogen-bond donors (Lipinski definition) is 0. The first-order valence-electron chi connectivity index (χ1n) is 3.15. The summed E-state index contributed by atoms with van der Waals surface area (Å²) >= 11 is 0. The minimum absolute atomic E-state index is 0.0281. The molecule has 2 nitrogen and oxygen atoms in total. The highest BCUT2D eigenvalue weighted by Crippen LogP contribution is 2.14. The first-order valence-corrected chi connectivity index (χ1v) is 3.15. The molecule has 56 valence electrons. The van der Waals surface area contributed by atoms with Crippen LogP contribution in [-0.2, 0) is 9.59 Å². The van der Waals surface area contributed by atoms with Gasteiger partial charge in [-0.05, 0) is 12.2 Å². The number of ketones is 1.